The van der Waals surface area contributed by atoms with Crippen LogP contribution in [0.25, 0.3) is 0 Å². The molecule has 1 saturated heterocycles. The molecule has 0 aromatic heterocycles. The number of fused-ring (bicyclic) bond motifs is 1. The van der Waals surface area contributed by atoms with Crippen LogP contribution in [0.2, 0.25) is 0 Å². The van der Waals surface area contributed by atoms with Crippen LogP contribution in [0.1, 0.15) is 28.4 Å². The lowest BCUT2D eigenvalue weighted by Crippen LogP contribution is -2.48. The maximum atomic E-state index is 12.5. The fraction of sp³-hybridized carbons (Fsp3) is 0.333. The fourth-order valence-corrected chi connectivity index (χ4v) is 3.33. The van der Waals surface area contributed by atoms with Crippen LogP contribution in [0.3, 0.4) is 0 Å². The number of anilines is 1. The van der Waals surface area contributed by atoms with Crippen molar-refractivity contribution in [1.29, 1.82) is 0 Å². The monoisotopic (exact) mass is 365 g/mol. The number of hydrogen-bond acceptors (Lipinski definition) is 3. The molecule has 2 heterocycles. The first-order valence-electron chi connectivity index (χ1n) is 9.11. The number of amides is 3. The Morgan fingerprint density at radius 1 is 1.04 bits per heavy atom. The minimum atomic E-state index is -0.138. The normalized spacial score (nSPS) is 17.0. The second-order valence-corrected chi connectivity index (χ2v) is 7.62. The Hall–Kier alpha value is -2.86. The minimum Gasteiger partial charge on any atom is -0.380 e. The summed E-state index contributed by atoms with van der Waals surface area (Å²) in [4.78, 5) is 26.5. The Bertz CT molecular complexity index is 834. The first-order chi connectivity index (χ1) is 13.0. The van der Waals surface area contributed by atoms with Crippen molar-refractivity contribution in [3.05, 3.63) is 65.2 Å². The van der Waals surface area contributed by atoms with Gasteiger partial charge >= 0.3 is 6.03 Å². The molecule has 2 N–H and O–H groups in total. The van der Waals surface area contributed by atoms with Gasteiger partial charge in [0.05, 0.1) is 13.2 Å². The predicted octanol–water partition coefficient (Wildman–Crippen LogP) is 3.00. The molecule has 3 amide bonds. The molecule has 0 spiro atoms. The number of hydrogen-bond donors (Lipinski definition) is 2. The summed E-state index contributed by atoms with van der Waals surface area (Å²) in [5, 5.41) is 5.84. The molecule has 2 aromatic rings. The van der Waals surface area contributed by atoms with Crippen LogP contribution in [-0.4, -0.2) is 36.6 Å². The zero-order valence-electron chi connectivity index (χ0n) is 15.3. The van der Waals surface area contributed by atoms with Crippen molar-refractivity contribution in [2.75, 3.05) is 25.1 Å². The van der Waals surface area contributed by atoms with Crippen LogP contribution >= 0.6 is 0 Å². The summed E-state index contributed by atoms with van der Waals surface area (Å²) in [7, 11) is 0. The van der Waals surface area contributed by atoms with Gasteiger partial charge < -0.3 is 20.3 Å². The molecule has 2 aliphatic rings. The van der Waals surface area contributed by atoms with E-state index in [1.807, 2.05) is 24.3 Å². The molecule has 140 valence electrons. The lowest BCUT2D eigenvalue weighted by Gasteiger charge is -2.38. The Labute approximate surface area is 158 Å². The lowest BCUT2D eigenvalue weighted by molar-refractivity contribution is -0.0978. The molecule has 27 heavy (non-hydrogen) atoms. The molecule has 0 unspecified atom stereocenters. The Balaban J connectivity index is 1.31. The summed E-state index contributed by atoms with van der Waals surface area (Å²) in [6.45, 7) is 5.28. The highest BCUT2D eigenvalue weighted by Crippen LogP contribution is 2.25. The third-order valence-electron chi connectivity index (χ3n) is 5.10. The molecule has 0 bridgehead atoms. The largest absolute Gasteiger partial charge is 0.380 e. The molecule has 0 atom stereocenters. The van der Waals surface area contributed by atoms with Crippen LogP contribution in [0.4, 0.5) is 10.5 Å². The molecule has 4 rings (SSSR count). The van der Waals surface area contributed by atoms with Gasteiger partial charge in [0.25, 0.3) is 5.91 Å². The van der Waals surface area contributed by atoms with E-state index in [0.717, 1.165) is 0 Å². The van der Waals surface area contributed by atoms with Crippen molar-refractivity contribution >= 4 is 17.6 Å². The van der Waals surface area contributed by atoms with Gasteiger partial charge in [-0.3, -0.25) is 4.79 Å². The van der Waals surface area contributed by atoms with E-state index in [9.17, 15) is 9.59 Å². The first kappa shape index (κ1) is 17.5. The van der Waals surface area contributed by atoms with E-state index in [1.165, 1.54) is 11.1 Å². The molecule has 1 fully saturated rings. The third-order valence-corrected chi connectivity index (χ3v) is 5.10. The lowest BCUT2D eigenvalue weighted by atomic mass is 9.88. The average Bonchev–Trinajstić information content (AvgIpc) is 3.09. The summed E-state index contributed by atoms with van der Waals surface area (Å²) < 4.78 is 5.20. The molecular weight excluding hydrogens is 342 g/mol. The second-order valence-electron chi connectivity index (χ2n) is 7.62. The molecule has 6 heteroatoms. The van der Waals surface area contributed by atoms with Gasteiger partial charge in [-0.05, 0) is 35.4 Å². The standard InChI is InChI=1S/C21H23N3O3/c1-21(13-27-14-21)12-22-19(25)15-6-8-18(9-7-15)23-20(26)24-10-16-4-2-3-5-17(16)11-24/h2-9H,10-14H2,1H3,(H,22,25)(H,23,26). The van der Waals surface area contributed by atoms with E-state index in [-0.39, 0.29) is 17.4 Å². The molecule has 2 aliphatic heterocycles. The Morgan fingerprint density at radius 2 is 1.67 bits per heavy atom. The number of carbonyl (C=O) groups is 2. The molecule has 2 aromatic carbocycles. The van der Waals surface area contributed by atoms with Gasteiger partial charge in [-0.2, -0.15) is 0 Å². The van der Waals surface area contributed by atoms with Crippen molar-refractivity contribution < 1.29 is 14.3 Å². The average molecular weight is 365 g/mol. The highest BCUT2D eigenvalue weighted by atomic mass is 16.5. The van der Waals surface area contributed by atoms with Gasteiger partial charge in [0, 0.05) is 36.3 Å². The van der Waals surface area contributed by atoms with Crippen LogP contribution in [-0.2, 0) is 17.8 Å². The zero-order chi connectivity index (χ0) is 18.9. The summed E-state index contributed by atoms with van der Waals surface area (Å²) >= 11 is 0. The van der Waals surface area contributed by atoms with Gasteiger partial charge in [-0.1, -0.05) is 31.2 Å². The van der Waals surface area contributed by atoms with Gasteiger partial charge in [-0.15, -0.1) is 0 Å². The van der Waals surface area contributed by atoms with E-state index in [1.54, 1.807) is 29.2 Å². The summed E-state index contributed by atoms with van der Waals surface area (Å²) in [5.74, 6) is -0.115. The first-order valence-corrected chi connectivity index (χ1v) is 9.11. The van der Waals surface area contributed by atoms with E-state index < -0.39 is 0 Å². The third kappa shape index (κ3) is 3.80. The Morgan fingerprint density at radius 3 is 2.22 bits per heavy atom. The smallest absolute Gasteiger partial charge is 0.322 e. The van der Waals surface area contributed by atoms with Crippen molar-refractivity contribution in [2.45, 2.75) is 20.0 Å². The van der Waals surface area contributed by atoms with Gasteiger partial charge in [0.1, 0.15) is 0 Å². The number of nitrogens with one attached hydrogen (secondary N) is 2. The number of carbonyl (C=O) groups excluding carboxylic acids is 2. The number of rotatable bonds is 4. The maximum Gasteiger partial charge on any atom is 0.322 e. The summed E-state index contributed by atoms with van der Waals surface area (Å²) in [5.41, 5.74) is 3.66. The topological polar surface area (TPSA) is 70.7 Å². The molecular formula is C21H23N3O3. The summed E-state index contributed by atoms with van der Waals surface area (Å²) in [6.07, 6.45) is 0. The zero-order valence-corrected chi connectivity index (χ0v) is 15.3. The number of nitrogens with zero attached hydrogens (tertiary/aromatic N) is 1. The summed E-state index contributed by atoms with van der Waals surface area (Å²) in [6, 6.07) is 14.9. The van der Waals surface area contributed by atoms with E-state index in [4.69, 9.17) is 4.74 Å². The van der Waals surface area contributed by atoms with Crippen LogP contribution < -0.4 is 10.6 Å². The molecule has 0 aliphatic carbocycles. The SMILES string of the molecule is CC1(CNC(=O)c2ccc(NC(=O)N3Cc4ccccc4C3)cc2)COC1. The molecule has 0 saturated carbocycles. The van der Waals surface area contributed by atoms with Crippen molar-refractivity contribution in [2.24, 2.45) is 5.41 Å². The maximum absolute atomic E-state index is 12.5. The Kier molecular flexibility index (Phi) is 4.58. The van der Waals surface area contributed by atoms with Crippen molar-refractivity contribution in [1.82, 2.24) is 10.2 Å². The van der Waals surface area contributed by atoms with Gasteiger partial charge in [0.15, 0.2) is 0 Å². The highest BCUT2D eigenvalue weighted by Gasteiger charge is 2.33. The molecule has 0 radical (unpaired) electrons. The molecule has 6 nitrogen and oxygen atoms in total. The number of urea groups is 1. The van der Waals surface area contributed by atoms with Crippen LogP contribution in [0.5, 0.6) is 0 Å². The van der Waals surface area contributed by atoms with Crippen LogP contribution in [0, 0.1) is 5.41 Å². The van der Waals surface area contributed by atoms with Crippen molar-refractivity contribution in [3.8, 4) is 0 Å². The van der Waals surface area contributed by atoms with Crippen molar-refractivity contribution in [3.63, 3.8) is 0 Å². The van der Waals surface area contributed by atoms with Gasteiger partial charge in [-0.25, -0.2) is 4.79 Å². The minimum absolute atomic E-state index is 0.0386. The van der Waals surface area contributed by atoms with E-state index in [0.29, 0.717) is 44.1 Å². The van der Waals surface area contributed by atoms with Gasteiger partial charge in [0.2, 0.25) is 0 Å². The second kappa shape index (κ2) is 7.04. The van der Waals surface area contributed by atoms with E-state index >= 15 is 0 Å². The highest BCUT2D eigenvalue weighted by molar-refractivity contribution is 5.95. The van der Waals surface area contributed by atoms with Crippen LogP contribution in [0.15, 0.2) is 48.5 Å². The predicted molar refractivity (Wildman–Crippen MR) is 102 cm³/mol. The fourth-order valence-electron chi connectivity index (χ4n) is 3.33. The van der Waals surface area contributed by atoms with E-state index in [2.05, 4.69) is 17.6 Å². The quantitative estimate of drug-likeness (QED) is 0.875. The number of benzene rings is 2. The number of ether oxygens (including phenoxy) is 1.